The second kappa shape index (κ2) is 11.3. The number of hydrogen-bond donors (Lipinski definition) is 2. The summed E-state index contributed by atoms with van der Waals surface area (Å²) in [6.07, 6.45) is 0.339. The Morgan fingerprint density at radius 3 is 2.48 bits per heavy atom. The first-order valence-electron chi connectivity index (χ1n) is 11.0. The van der Waals surface area contributed by atoms with Crippen LogP contribution in [0.15, 0.2) is 53.3 Å². The SMILES string of the molecule is COc1cc(-c2nnc(CCC(=O)N[C@H](C)c3ccccc3)c(=O)[nH]2)ccc1OCC(C)C. The Morgan fingerprint density at radius 2 is 1.82 bits per heavy atom. The van der Waals surface area contributed by atoms with E-state index >= 15 is 0 Å². The highest BCUT2D eigenvalue weighted by Crippen LogP contribution is 2.31. The number of aryl methyl sites for hydroxylation is 1. The van der Waals surface area contributed by atoms with E-state index in [0.29, 0.717) is 35.4 Å². The predicted molar refractivity (Wildman–Crippen MR) is 126 cm³/mol. The van der Waals surface area contributed by atoms with Gasteiger partial charge in [0.25, 0.3) is 5.56 Å². The summed E-state index contributed by atoms with van der Waals surface area (Å²) in [5.74, 6) is 1.72. The number of aromatic amines is 1. The van der Waals surface area contributed by atoms with Gasteiger partial charge in [-0.3, -0.25) is 9.59 Å². The number of H-pyrrole nitrogens is 1. The number of aromatic nitrogens is 3. The van der Waals surface area contributed by atoms with E-state index in [-0.39, 0.29) is 36.0 Å². The lowest BCUT2D eigenvalue weighted by molar-refractivity contribution is -0.121. The summed E-state index contributed by atoms with van der Waals surface area (Å²) in [6.45, 7) is 6.62. The van der Waals surface area contributed by atoms with Crippen LogP contribution < -0.4 is 20.3 Å². The van der Waals surface area contributed by atoms with Crippen LogP contribution in [0.3, 0.4) is 0 Å². The van der Waals surface area contributed by atoms with Gasteiger partial charge in [-0.2, -0.15) is 0 Å². The average Bonchev–Trinajstić information content (AvgIpc) is 2.82. The number of methoxy groups -OCH3 is 1. The highest BCUT2D eigenvalue weighted by Gasteiger charge is 2.14. The highest BCUT2D eigenvalue weighted by atomic mass is 16.5. The van der Waals surface area contributed by atoms with Crippen LogP contribution >= 0.6 is 0 Å². The van der Waals surface area contributed by atoms with Crippen LogP contribution in [0, 0.1) is 5.92 Å². The molecular weight excluding hydrogens is 420 g/mol. The van der Waals surface area contributed by atoms with E-state index in [2.05, 4.69) is 34.3 Å². The summed E-state index contributed by atoms with van der Waals surface area (Å²) in [5.41, 5.74) is 1.51. The van der Waals surface area contributed by atoms with Crippen LogP contribution in [-0.2, 0) is 11.2 Å². The Bertz CT molecular complexity index is 1130. The van der Waals surface area contributed by atoms with E-state index in [9.17, 15) is 9.59 Å². The van der Waals surface area contributed by atoms with Crippen molar-refractivity contribution in [1.82, 2.24) is 20.5 Å². The van der Waals surface area contributed by atoms with Crippen molar-refractivity contribution >= 4 is 5.91 Å². The Hall–Kier alpha value is -3.68. The molecule has 0 spiro atoms. The van der Waals surface area contributed by atoms with Crippen LogP contribution in [0.1, 0.15) is 44.5 Å². The largest absolute Gasteiger partial charge is 0.493 e. The molecule has 0 aliphatic rings. The van der Waals surface area contributed by atoms with E-state index in [0.717, 1.165) is 5.56 Å². The number of nitrogens with one attached hydrogen (secondary N) is 2. The molecule has 0 unspecified atom stereocenters. The van der Waals surface area contributed by atoms with Gasteiger partial charge in [0, 0.05) is 18.4 Å². The Morgan fingerprint density at radius 1 is 1.06 bits per heavy atom. The molecule has 1 amide bonds. The normalized spacial score (nSPS) is 11.8. The number of carbonyl (C=O) groups excluding carboxylic acids is 1. The van der Waals surface area contributed by atoms with Crippen LogP contribution in [0.4, 0.5) is 0 Å². The molecule has 8 heteroatoms. The average molecular weight is 451 g/mol. The maximum absolute atomic E-state index is 12.5. The van der Waals surface area contributed by atoms with Gasteiger partial charge in [-0.1, -0.05) is 44.2 Å². The van der Waals surface area contributed by atoms with Gasteiger partial charge in [-0.15, -0.1) is 10.2 Å². The first kappa shape index (κ1) is 24.0. The summed E-state index contributed by atoms with van der Waals surface area (Å²) >= 11 is 0. The zero-order valence-electron chi connectivity index (χ0n) is 19.4. The summed E-state index contributed by atoms with van der Waals surface area (Å²) in [6, 6.07) is 14.9. The zero-order chi connectivity index (χ0) is 23.8. The molecule has 3 aromatic rings. The molecule has 174 valence electrons. The van der Waals surface area contributed by atoms with Gasteiger partial charge in [-0.25, -0.2) is 0 Å². The van der Waals surface area contributed by atoms with Gasteiger partial charge in [0.15, 0.2) is 17.3 Å². The monoisotopic (exact) mass is 450 g/mol. The van der Waals surface area contributed by atoms with Crippen LogP contribution in [0.2, 0.25) is 0 Å². The van der Waals surface area contributed by atoms with Crippen LogP contribution in [0.5, 0.6) is 11.5 Å². The highest BCUT2D eigenvalue weighted by molar-refractivity contribution is 5.76. The molecule has 0 fully saturated rings. The molecule has 0 saturated heterocycles. The van der Waals surface area contributed by atoms with Gasteiger partial charge in [0.2, 0.25) is 5.91 Å². The summed E-state index contributed by atoms with van der Waals surface area (Å²) in [7, 11) is 1.56. The lowest BCUT2D eigenvalue weighted by atomic mass is 10.1. The molecule has 2 aromatic carbocycles. The molecule has 1 atom stereocenters. The molecule has 0 aliphatic heterocycles. The van der Waals surface area contributed by atoms with E-state index < -0.39 is 0 Å². The third-order valence-corrected chi connectivity index (χ3v) is 5.04. The first-order chi connectivity index (χ1) is 15.9. The molecule has 0 bridgehead atoms. The minimum absolute atomic E-state index is 0.118. The second-order valence-electron chi connectivity index (χ2n) is 8.22. The second-order valence-corrected chi connectivity index (χ2v) is 8.22. The van der Waals surface area contributed by atoms with Crippen molar-refractivity contribution in [2.45, 2.75) is 39.7 Å². The van der Waals surface area contributed by atoms with E-state index in [1.807, 2.05) is 37.3 Å². The Labute approximate surface area is 193 Å². The zero-order valence-corrected chi connectivity index (χ0v) is 19.4. The smallest absolute Gasteiger partial charge is 0.273 e. The Balaban J connectivity index is 1.64. The summed E-state index contributed by atoms with van der Waals surface area (Å²) in [4.78, 5) is 27.6. The lowest BCUT2D eigenvalue weighted by Gasteiger charge is -2.14. The van der Waals surface area contributed by atoms with E-state index in [4.69, 9.17) is 9.47 Å². The van der Waals surface area contributed by atoms with Gasteiger partial charge >= 0.3 is 0 Å². The third-order valence-electron chi connectivity index (χ3n) is 5.04. The molecule has 3 rings (SSSR count). The number of ether oxygens (including phenoxy) is 2. The van der Waals surface area contributed by atoms with E-state index in [1.54, 1.807) is 25.3 Å². The minimum atomic E-state index is -0.372. The third kappa shape index (κ3) is 6.65. The molecule has 0 saturated carbocycles. The van der Waals surface area contributed by atoms with Crippen molar-refractivity contribution in [3.05, 3.63) is 70.1 Å². The molecule has 1 heterocycles. The number of benzene rings is 2. The fourth-order valence-electron chi connectivity index (χ4n) is 3.22. The number of carbonyl (C=O) groups is 1. The molecule has 33 heavy (non-hydrogen) atoms. The lowest BCUT2D eigenvalue weighted by Crippen LogP contribution is -2.28. The van der Waals surface area contributed by atoms with E-state index in [1.165, 1.54) is 0 Å². The van der Waals surface area contributed by atoms with Gasteiger partial charge < -0.3 is 19.8 Å². The standard InChI is InChI=1S/C25H30N4O4/c1-16(2)15-33-21-12-10-19(14-22(21)32-4)24-27-25(31)20(28-29-24)11-13-23(30)26-17(3)18-8-6-5-7-9-18/h5-10,12,14,16-17H,11,13,15H2,1-4H3,(H,26,30)(H,27,29,31)/t17-/m1/s1. The van der Waals surface area contributed by atoms with Crippen molar-refractivity contribution in [3.8, 4) is 22.9 Å². The summed E-state index contributed by atoms with van der Waals surface area (Å²) in [5, 5.41) is 11.1. The topological polar surface area (TPSA) is 106 Å². The molecule has 1 aromatic heterocycles. The van der Waals surface area contributed by atoms with Gasteiger partial charge in [0.05, 0.1) is 19.8 Å². The number of nitrogens with zero attached hydrogens (tertiary/aromatic N) is 2. The van der Waals surface area contributed by atoms with Crippen molar-refractivity contribution in [1.29, 1.82) is 0 Å². The number of rotatable bonds is 10. The van der Waals surface area contributed by atoms with Gasteiger partial charge in [0.1, 0.15) is 5.69 Å². The van der Waals surface area contributed by atoms with Gasteiger partial charge in [-0.05, 0) is 36.6 Å². The predicted octanol–water partition coefficient (Wildman–Crippen LogP) is 3.69. The van der Waals surface area contributed by atoms with Crippen molar-refractivity contribution < 1.29 is 14.3 Å². The molecule has 0 radical (unpaired) electrons. The van der Waals surface area contributed by atoms with Crippen molar-refractivity contribution in [2.24, 2.45) is 5.92 Å². The van der Waals surface area contributed by atoms with Crippen LogP contribution in [-0.4, -0.2) is 34.8 Å². The molecular formula is C25H30N4O4. The minimum Gasteiger partial charge on any atom is -0.493 e. The fourth-order valence-corrected chi connectivity index (χ4v) is 3.22. The Kier molecular flexibility index (Phi) is 8.18. The first-order valence-corrected chi connectivity index (χ1v) is 11.0. The molecule has 2 N–H and O–H groups in total. The number of hydrogen-bond acceptors (Lipinski definition) is 6. The number of amides is 1. The molecule has 8 nitrogen and oxygen atoms in total. The van der Waals surface area contributed by atoms with Crippen molar-refractivity contribution in [2.75, 3.05) is 13.7 Å². The van der Waals surface area contributed by atoms with Crippen molar-refractivity contribution in [3.63, 3.8) is 0 Å². The van der Waals surface area contributed by atoms with Crippen LogP contribution in [0.25, 0.3) is 11.4 Å². The maximum Gasteiger partial charge on any atom is 0.273 e. The maximum atomic E-state index is 12.5. The fraction of sp³-hybridized carbons (Fsp3) is 0.360. The molecule has 0 aliphatic carbocycles. The summed E-state index contributed by atoms with van der Waals surface area (Å²) < 4.78 is 11.2. The quantitative estimate of drug-likeness (QED) is 0.488.